The first-order valence-corrected chi connectivity index (χ1v) is 17.7. The highest BCUT2D eigenvalue weighted by Crippen LogP contribution is 2.38. The van der Waals surface area contributed by atoms with Crippen molar-refractivity contribution in [3.8, 4) is 0 Å². The van der Waals surface area contributed by atoms with Crippen LogP contribution in [-0.2, 0) is 14.4 Å². The van der Waals surface area contributed by atoms with Gasteiger partial charge in [0.05, 0.1) is 18.2 Å². The summed E-state index contributed by atoms with van der Waals surface area (Å²) in [7, 11) is 5.65. The Labute approximate surface area is 278 Å². The molecule has 0 aliphatic heterocycles. The van der Waals surface area contributed by atoms with E-state index < -0.39 is 24.2 Å². The second-order valence-corrected chi connectivity index (χ2v) is 14.9. The van der Waals surface area contributed by atoms with Gasteiger partial charge in [-0.3, -0.25) is 14.4 Å². The van der Waals surface area contributed by atoms with Gasteiger partial charge in [-0.05, 0) is 63.6 Å². The molecule has 0 bridgehead atoms. The molecule has 0 saturated heterocycles. The van der Waals surface area contributed by atoms with Crippen LogP contribution in [0.15, 0.2) is 30.3 Å². The number of nitrogens with zero attached hydrogens (tertiary/aromatic N) is 3. The maximum atomic E-state index is 14.7. The van der Waals surface area contributed by atoms with Crippen molar-refractivity contribution in [1.29, 1.82) is 0 Å². The molecule has 260 valence electrons. The molecule has 0 radical (unpaired) electrons. The molecule has 3 N–H and O–H groups in total. The molecule has 0 heterocycles. The predicted octanol–water partition coefficient (Wildman–Crippen LogP) is 4.63. The number of carbonyl (C=O) groups excluding carboxylic acids is 3. The third-order valence-electron chi connectivity index (χ3n) is 9.87. The first kappa shape index (κ1) is 38.0. The Bertz CT molecular complexity index is 1070. The van der Waals surface area contributed by atoms with E-state index >= 15 is 0 Å². The summed E-state index contributed by atoms with van der Waals surface area (Å²) in [6.45, 7) is 6.94. The molecule has 46 heavy (non-hydrogen) atoms. The first-order valence-electron chi connectivity index (χ1n) is 17.7. The van der Waals surface area contributed by atoms with E-state index in [2.05, 4.69) is 5.32 Å². The number of nitrogens with one attached hydrogen (secondary N) is 1. The Kier molecular flexibility index (Phi) is 15.5. The van der Waals surface area contributed by atoms with Gasteiger partial charge in [0.15, 0.2) is 0 Å². The zero-order chi connectivity index (χ0) is 33.8. The number of aliphatic hydroxyl groups is 2. The van der Waals surface area contributed by atoms with Gasteiger partial charge in [0.2, 0.25) is 17.7 Å². The molecule has 2 aliphatic rings. The lowest BCUT2D eigenvalue weighted by atomic mass is 9.81. The van der Waals surface area contributed by atoms with Crippen molar-refractivity contribution in [1.82, 2.24) is 20.0 Å². The SMILES string of the molecule is CC(C)C[C@H](O)[C@H](O)[C@H](CC1CCCCC1)N(CC(=O)N(C)CCN(C)C)C(=O)[C@@H](CC(=O)N[C@@H](C)c1ccccc1)CC1CC1. The predicted molar refractivity (Wildman–Crippen MR) is 183 cm³/mol. The molecule has 0 unspecified atom stereocenters. The molecular formula is C37H62N4O5. The zero-order valence-electron chi connectivity index (χ0n) is 29.4. The van der Waals surface area contributed by atoms with Crippen LogP contribution in [0.3, 0.4) is 0 Å². The molecule has 1 aromatic carbocycles. The molecule has 1 aromatic rings. The molecular weight excluding hydrogens is 580 g/mol. The Morgan fingerprint density at radius 2 is 1.50 bits per heavy atom. The highest BCUT2D eigenvalue weighted by atomic mass is 16.3. The molecule has 0 spiro atoms. The number of amides is 3. The van der Waals surface area contributed by atoms with E-state index in [1.807, 2.05) is 70.1 Å². The molecule has 2 saturated carbocycles. The van der Waals surface area contributed by atoms with E-state index in [9.17, 15) is 24.6 Å². The standard InChI is InChI=1S/C37H62N4O5/c1-26(2)21-33(42)36(45)32(23-28-13-9-7-10-14-28)41(25-35(44)40(6)20-19-39(4)5)37(46)31(22-29-17-18-29)24-34(43)38-27(3)30-15-11-8-12-16-30/h8,11-12,15-16,26-29,31-33,36,42,45H,7,9-10,13-14,17-25H2,1-6H3,(H,38,43)/t27-,31+,32-,33-,36+/m0/s1. The highest BCUT2D eigenvalue weighted by Gasteiger charge is 2.41. The van der Waals surface area contributed by atoms with Crippen molar-refractivity contribution in [3.63, 3.8) is 0 Å². The van der Waals surface area contributed by atoms with Crippen LogP contribution in [-0.4, -0.2) is 102 Å². The zero-order valence-corrected chi connectivity index (χ0v) is 29.4. The quantitative estimate of drug-likeness (QED) is 0.203. The molecule has 2 aliphatic carbocycles. The lowest BCUT2D eigenvalue weighted by Gasteiger charge is -2.41. The Hall–Kier alpha value is -2.49. The Morgan fingerprint density at radius 3 is 2.09 bits per heavy atom. The number of benzene rings is 1. The van der Waals surface area contributed by atoms with Crippen molar-refractivity contribution in [2.24, 2.45) is 23.7 Å². The molecule has 3 rings (SSSR count). The summed E-state index contributed by atoms with van der Waals surface area (Å²) in [5.41, 5.74) is 0.990. The van der Waals surface area contributed by atoms with Gasteiger partial charge >= 0.3 is 0 Å². The average Bonchev–Trinajstić information content (AvgIpc) is 3.85. The number of hydrogen-bond acceptors (Lipinski definition) is 6. The monoisotopic (exact) mass is 642 g/mol. The third kappa shape index (κ3) is 12.6. The van der Waals surface area contributed by atoms with Gasteiger partial charge in [0.1, 0.15) is 12.6 Å². The van der Waals surface area contributed by atoms with Gasteiger partial charge in [0, 0.05) is 32.5 Å². The minimum absolute atomic E-state index is 0.0223. The van der Waals surface area contributed by atoms with Gasteiger partial charge in [-0.15, -0.1) is 0 Å². The summed E-state index contributed by atoms with van der Waals surface area (Å²) >= 11 is 0. The van der Waals surface area contributed by atoms with Gasteiger partial charge in [-0.25, -0.2) is 0 Å². The van der Waals surface area contributed by atoms with E-state index in [1.54, 1.807) is 16.8 Å². The Morgan fingerprint density at radius 1 is 0.870 bits per heavy atom. The maximum absolute atomic E-state index is 14.7. The summed E-state index contributed by atoms with van der Waals surface area (Å²) in [5, 5.41) is 26.0. The van der Waals surface area contributed by atoms with Crippen LogP contribution in [0.1, 0.15) is 103 Å². The largest absolute Gasteiger partial charge is 0.390 e. The van der Waals surface area contributed by atoms with Crippen molar-refractivity contribution >= 4 is 17.7 Å². The van der Waals surface area contributed by atoms with Crippen LogP contribution < -0.4 is 5.32 Å². The van der Waals surface area contributed by atoms with Crippen molar-refractivity contribution < 1.29 is 24.6 Å². The third-order valence-corrected chi connectivity index (χ3v) is 9.87. The van der Waals surface area contributed by atoms with Crippen molar-refractivity contribution in [3.05, 3.63) is 35.9 Å². The number of hydrogen-bond donors (Lipinski definition) is 3. The molecule has 2 fully saturated rings. The lowest BCUT2D eigenvalue weighted by molar-refractivity contribution is -0.152. The van der Waals surface area contributed by atoms with Crippen LogP contribution >= 0.6 is 0 Å². The first-order chi connectivity index (χ1) is 21.8. The second kappa shape index (κ2) is 18.7. The maximum Gasteiger partial charge on any atom is 0.241 e. The highest BCUT2D eigenvalue weighted by molar-refractivity contribution is 5.89. The molecule has 5 atom stereocenters. The van der Waals surface area contributed by atoms with Gasteiger partial charge in [-0.1, -0.05) is 89.1 Å². The summed E-state index contributed by atoms with van der Waals surface area (Å²) in [4.78, 5) is 47.1. The minimum Gasteiger partial charge on any atom is -0.390 e. The number of aliphatic hydroxyl groups excluding tert-OH is 2. The number of carbonyl (C=O) groups is 3. The lowest BCUT2D eigenvalue weighted by Crippen LogP contribution is -2.56. The normalized spacial score (nSPS) is 18.9. The van der Waals surface area contributed by atoms with E-state index in [4.69, 9.17) is 0 Å². The van der Waals surface area contributed by atoms with Gasteiger partial charge < -0.3 is 30.2 Å². The van der Waals surface area contributed by atoms with E-state index in [1.165, 1.54) is 6.42 Å². The second-order valence-electron chi connectivity index (χ2n) is 14.9. The molecule has 0 aromatic heterocycles. The fraction of sp³-hybridized carbons (Fsp3) is 0.757. The Balaban J connectivity index is 1.92. The smallest absolute Gasteiger partial charge is 0.241 e. The minimum atomic E-state index is -1.19. The van der Waals surface area contributed by atoms with Crippen LogP contribution in [0.25, 0.3) is 0 Å². The van der Waals surface area contributed by atoms with E-state index in [0.29, 0.717) is 44.2 Å². The summed E-state index contributed by atoms with van der Waals surface area (Å²) in [6.07, 6.45) is 6.76. The van der Waals surface area contributed by atoms with Crippen molar-refractivity contribution in [2.45, 2.75) is 116 Å². The summed E-state index contributed by atoms with van der Waals surface area (Å²) < 4.78 is 0. The molecule has 9 heteroatoms. The fourth-order valence-corrected chi connectivity index (χ4v) is 6.81. The molecule has 3 amide bonds. The number of likely N-dealkylation sites (N-methyl/N-ethyl adjacent to an activating group) is 2. The van der Waals surface area contributed by atoms with E-state index in [0.717, 1.165) is 44.1 Å². The fourth-order valence-electron chi connectivity index (χ4n) is 6.81. The molecule has 9 nitrogen and oxygen atoms in total. The number of rotatable bonds is 19. The van der Waals surface area contributed by atoms with Gasteiger partial charge in [-0.2, -0.15) is 0 Å². The average molecular weight is 643 g/mol. The summed E-state index contributed by atoms with van der Waals surface area (Å²) in [5.74, 6) is -0.453. The van der Waals surface area contributed by atoms with Crippen LogP contribution in [0.5, 0.6) is 0 Å². The van der Waals surface area contributed by atoms with Crippen LogP contribution in [0.2, 0.25) is 0 Å². The van der Waals surface area contributed by atoms with Gasteiger partial charge in [0.25, 0.3) is 0 Å². The summed E-state index contributed by atoms with van der Waals surface area (Å²) in [6, 6.07) is 8.83. The topological polar surface area (TPSA) is 113 Å². The van der Waals surface area contributed by atoms with E-state index in [-0.39, 0.29) is 42.6 Å². The van der Waals surface area contributed by atoms with Crippen LogP contribution in [0.4, 0.5) is 0 Å². The van der Waals surface area contributed by atoms with Crippen LogP contribution in [0, 0.1) is 23.7 Å². The van der Waals surface area contributed by atoms with Crippen molar-refractivity contribution in [2.75, 3.05) is 40.8 Å².